The van der Waals surface area contributed by atoms with Crippen molar-refractivity contribution in [2.45, 2.75) is 96.5 Å². The first-order valence-corrected chi connectivity index (χ1v) is 16.7. The Kier molecular flexibility index (Phi) is 9.89. The van der Waals surface area contributed by atoms with Crippen LogP contribution in [0.25, 0.3) is 0 Å². The lowest BCUT2D eigenvalue weighted by Crippen LogP contribution is -2.62. The van der Waals surface area contributed by atoms with Crippen molar-refractivity contribution in [1.82, 2.24) is 4.90 Å². The van der Waals surface area contributed by atoms with Crippen LogP contribution in [0.3, 0.4) is 0 Å². The Morgan fingerprint density at radius 1 is 0.918 bits per heavy atom. The van der Waals surface area contributed by atoms with E-state index in [1.807, 2.05) is 30.3 Å². The van der Waals surface area contributed by atoms with Crippen LogP contribution in [0.4, 0.5) is 15.3 Å². The van der Waals surface area contributed by atoms with Gasteiger partial charge in [0.05, 0.1) is 32.3 Å². The van der Waals surface area contributed by atoms with E-state index in [1.165, 1.54) is 14.2 Å². The van der Waals surface area contributed by atoms with E-state index < -0.39 is 40.3 Å². The second-order valence-corrected chi connectivity index (χ2v) is 14.9. The summed E-state index contributed by atoms with van der Waals surface area (Å²) in [6.45, 7) is 11.3. The summed E-state index contributed by atoms with van der Waals surface area (Å²) < 4.78 is 29.2. The summed E-state index contributed by atoms with van der Waals surface area (Å²) >= 11 is 0. The molecular formula is C38H48N2O9. The zero-order valence-electron chi connectivity index (χ0n) is 29.8. The summed E-state index contributed by atoms with van der Waals surface area (Å²) in [6, 6.07) is 12.6. The third-order valence-corrected chi connectivity index (χ3v) is 9.33. The zero-order chi connectivity index (χ0) is 35.8. The zero-order valence-corrected chi connectivity index (χ0v) is 29.8. The number of hydrogen-bond acceptors (Lipinski definition) is 9. The van der Waals surface area contributed by atoms with Crippen molar-refractivity contribution in [2.75, 3.05) is 32.3 Å². The van der Waals surface area contributed by atoms with Gasteiger partial charge in [-0.25, -0.2) is 9.59 Å². The Morgan fingerprint density at radius 2 is 1.57 bits per heavy atom. The van der Waals surface area contributed by atoms with Crippen LogP contribution in [0.2, 0.25) is 0 Å². The number of rotatable bonds is 9. The normalized spacial score (nSPS) is 23.2. The van der Waals surface area contributed by atoms with Crippen molar-refractivity contribution in [3.63, 3.8) is 0 Å². The lowest BCUT2D eigenvalue weighted by atomic mass is 9.55. The Labute approximate surface area is 288 Å². The number of ether oxygens (including phenoxy) is 5. The molecule has 0 spiro atoms. The molecule has 3 aliphatic rings. The van der Waals surface area contributed by atoms with Crippen molar-refractivity contribution in [2.24, 2.45) is 5.41 Å². The van der Waals surface area contributed by atoms with Gasteiger partial charge in [0, 0.05) is 25.0 Å². The van der Waals surface area contributed by atoms with Crippen LogP contribution in [0.1, 0.15) is 78.4 Å². The number of methoxy groups -OCH3 is 2. The van der Waals surface area contributed by atoms with Crippen LogP contribution in [-0.2, 0) is 35.8 Å². The summed E-state index contributed by atoms with van der Waals surface area (Å²) in [7, 11) is 2.86. The van der Waals surface area contributed by atoms with Crippen LogP contribution in [0.5, 0.6) is 11.5 Å². The van der Waals surface area contributed by atoms with Crippen molar-refractivity contribution >= 4 is 29.6 Å². The predicted molar refractivity (Wildman–Crippen MR) is 183 cm³/mol. The predicted octanol–water partition coefficient (Wildman–Crippen LogP) is 6.75. The van der Waals surface area contributed by atoms with Gasteiger partial charge in [0.1, 0.15) is 16.9 Å². The molecule has 0 aromatic heterocycles. The SMILES string of the molecule is COc1ccc([C@@]23C=CC(=O)[C@@]4(CCOCc5ccccc5)CCCN(C(=O)C2)[C@H]43)c(N(C(=O)OC(C)(C)C)C(=O)OC(C)(C)C)c1OC. The monoisotopic (exact) mass is 676 g/mol. The second kappa shape index (κ2) is 13.5. The number of carbonyl (C=O) groups is 4. The molecule has 2 fully saturated rings. The fourth-order valence-corrected chi connectivity index (χ4v) is 7.53. The van der Waals surface area contributed by atoms with E-state index in [2.05, 4.69) is 0 Å². The molecule has 2 saturated heterocycles. The molecule has 0 radical (unpaired) electrons. The van der Waals surface area contributed by atoms with Crippen molar-refractivity contribution in [3.05, 3.63) is 65.7 Å². The summed E-state index contributed by atoms with van der Waals surface area (Å²) in [4.78, 5) is 58.9. The number of carbonyl (C=O) groups excluding carboxylic acids is 4. The van der Waals surface area contributed by atoms with E-state index in [0.717, 1.165) is 10.5 Å². The Hall–Kier alpha value is -4.38. The van der Waals surface area contributed by atoms with Crippen LogP contribution in [-0.4, -0.2) is 73.4 Å². The van der Waals surface area contributed by atoms with E-state index in [0.29, 0.717) is 44.6 Å². The Morgan fingerprint density at radius 3 is 2.16 bits per heavy atom. The van der Waals surface area contributed by atoms with Gasteiger partial charge in [-0.2, -0.15) is 4.90 Å². The summed E-state index contributed by atoms with van der Waals surface area (Å²) in [5.74, 6) is 0.125. The van der Waals surface area contributed by atoms with Crippen molar-refractivity contribution in [1.29, 1.82) is 0 Å². The third kappa shape index (κ3) is 6.90. The number of ketones is 1. The van der Waals surface area contributed by atoms with E-state index in [-0.39, 0.29) is 35.3 Å². The number of anilines is 1. The number of amides is 3. The molecule has 49 heavy (non-hydrogen) atoms. The quantitative estimate of drug-likeness (QED) is 0.266. The summed E-state index contributed by atoms with van der Waals surface area (Å²) in [6.07, 6.45) is 2.92. The minimum absolute atomic E-state index is 0.00697. The highest BCUT2D eigenvalue weighted by atomic mass is 16.6. The van der Waals surface area contributed by atoms with Gasteiger partial charge in [0.25, 0.3) is 0 Å². The molecule has 1 aliphatic carbocycles. The van der Waals surface area contributed by atoms with Crippen LogP contribution >= 0.6 is 0 Å². The highest BCUT2D eigenvalue weighted by Gasteiger charge is 2.66. The standard InChI is InChI=1S/C38H48N2O9/c1-35(2,3)48-33(43)40(34(44)49-36(4,5)6)30-26(15-16-27(45-7)31(30)46-8)38-19-17-28(41)37(18-12-21-39(32(37)38)29(42)23-38)20-22-47-24-25-13-10-9-11-14-25/h9-11,13-17,19,32H,12,18,20-24H2,1-8H3/t32-,37+,38-/m1/s1. The Balaban J connectivity index is 1.69. The molecule has 11 heteroatoms. The molecule has 264 valence electrons. The average molecular weight is 677 g/mol. The van der Waals surface area contributed by atoms with Gasteiger partial charge in [0.2, 0.25) is 5.91 Å². The highest BCUT2D eigenvalue weighted by molar-refractivity contribution is 6.12. The summed E-state index contributed by atoms with van der Waals surface area (Å²) in [5, 5.41) is 0. The lowest BCUT2D eigenvalue weighted by molar-refractivity contribution is -0.141. The van der Waals surface area contributed by atoms with E-state index >= 15 is 0 Å². The molecule has 0 N–H and O–H groups in total. The third-order valence-electron chi connectivity index (χ3n) is 9.33. The van der Waals surface area contributed by atoms with Crippen molar-refractivity contribution in [3.8, 4) is 11.5 Å². The van der Waals surface area contributed by atoms with E-state index in [4.69, 9.17) is 23.7 Å². The van der Waals surface area contributed by atoms with Gasteiger partial charge >= 0.3 is 12.2 Å². The second-order valence-electron chi connectivity index (χ2n) is 14.9. The van der Waals surface area contributed by atoms with Gasteiger partial charge < -0.3 is 28.6 Å². The number of allylic oxidation sites excluding steroid dienone is 1. The first kappa shape index (κ1) is 35.9. The van der Waals surface area contributed by atoms with Gasteiger partial charge in [-0.05, 0) is 84.1 Å². The van der Waals surface area contributed by atoms with E-state index in [1.54, 1.807) is 70.7 Å². The average Bonchev–Trinajstić information content (AvgIpc) is 3.33. The number of piperidine rings is 1. The van der Waals surface area contributed by atoms with Gasteiger partial charge in [-0.1, -0.05) is 42.5 Å². The first-order valence-electron chi connectivity index (χ1n) is 16.7. The molecule has 2 aromatic carbocycles. The molecule has 5 rings (SSSR count). The van der Waals surface area contributed by atoms with Gasteiger partial charge in [-0.3, -0.25) is 9.59 Å². The molecule has 0 unspecified atom stereocenters. The lowest BCUT2D eigenvalue weighted by Gasteiger charge is -2.53. The molecule has 3 amide bonds. The molecular weight excluding hydrogens is 628 g/mol. The van der Waals surface area contributed by atoms with Gasteiger partial charge in [0.15, 0.2) is 17.3 Å². The maximum Gasteiger partial charge on any atom is 0.424 e. The Bertz CT molecular complexity index is 1600. The molecule has 11 nitrogen and oxygen atoms in total. The fourth-order valence-electron chi connectivity index (χ4n) is 7.53. The van der Waals surface area contributed by atoms with Crippen LogP contribution < -0.4 is 14.4 Å². The smallest absolute Gasteiger partial charge is 0.424 e. The summed E-state index contributed by atoms with van der Waals surface area (Å²) in [5.41, 5.74) is -2.58. The van der Waals surface area contributed by atoms with Crippen LogP contribution in [0.15, 0.2) is 54.6 Å². The molecule has 0 saturated carbocycles. The van der Waals surface area contributed by atoms with E-state index in [9.17, 15) is 19.2 Å². The fraction of sp³-hybridized carbons (Fsp3) is 0.526. The maximum absolute atomic E-state index is 14.1. The largest absolute Gasteiger partial charge is 0.493 e. The minimum atomic E-state index is -1.14. The molecule has 2 aliphatic heterocycles. The van der Waals surface area contributed by atoms with Crippen molar-refractivity contribution < 1.29 is 42.9 Å². The maximum atomic E-state index is 14.1. The number of hydrogen-bond donors (Lipinski definition) is 0. The topological polar surface area (TPSA) is 121 Å². The minimum Gasteiger partial charge on any atom is -0.493 e. The molecule has 2 heterocycles. The van der Waals surface area contributed by atoms with Crippen LogP contribution in [0, 0.1) is 5.41 Å². The highest BCUT2D eigenvalue weighted by Crippen LogP contribution is 2.60. The number of benzene rings is 2. The first-order chi connectivity index (χ1) is 23.1. The number of nitrogens with zero attached hydrogens (tertiary/aromatic N) is 2. The molecule has 2 aromatic rings. The number of imide groups is 1. The van der Waals surface area contributed by atoms with Gasteiger partial charge in [-0.15, -0.1) is 0 Å². The molecule has 3 atom stereocenters. The molecule has 0 bridgehead atoms.